The lowest BCUT2D eigenvalue weighted by Crippen LogP contribution is -2.06. The molecule has 3 heteroatoms. The summed E-state index contributed by atoms with van der Waals surface area (Å²) in [4.78, 5) is 12.5. The molecule has 2 nitrogen and oxygen atoms in total. The van der Waals surface area contributed by atoms with E-state index >= 15 is 0 Å². The van der Waals surface area contributed by atoms with Gasteiger partial charge >= 0.3 is 0 Å². The zero-order valence-electron chi connectivity index (χ0n) is 11.7. The molecule has 0 spiro atoms. The van der Waals surface area contributed by atoms with Crippen LogP contribution in [0.15, 0.2) is 36.4 Å². The van der Waals surface area contributed by atoms with Crippen molar-refractivity contribution in [1.29, 1.82) is 0 Å². The molecule has 104 valence electrons. The second-order valence-electron chi connectivity index (χ2n) is 4.75. The van der Waals surface area contributed by atoms with Crippen LogP contribution < -0.4 is 5.73 Å². The van der Waals surface area contributed by atoms with E-state index in [1.165, 1.54) is 11.1 Å². The Kier molecular flexibility index (Phi) is 4.46. The average Bonchev–Trinajstić information content (AvgIpc) is 2.48. The predicted octanol–water partition coefficient (Wildman–Crippen LogP) is 4.28. The highest BCUT2D eigenvalue weighted by atomic mass is 35.5. The van der Waals surface area contributed by atoms with Gasteiger partial charge in [-0.2, -0.15) is 0 Å². The average molecular weight is 288 g/mol. The number of hydrogen-bond donors (Lipinski definition) is 1. The first kappa shape index (κ1) is 14.6. The molecule has 0 heterocycles. The van der Waals surface area contributed by atoms with Crippen LogP contribution in [0.2, 0.25) is 5.02 Å². The second kappa shape index (κ2) is 6.10. The summed E-state index contributed by atoms with van der Waals surface area (Å²) in [6.07, 6.45) is 1.88. The van der Waals surface area contributed by atoms with Crippen molar-refractivity contribution in [2.24, 2.45) is 0 Å². The van der Waals surface area contributed by atoms with Crippen LogP contribution >= 0.6 is 11.6 Å². The van der Waals surface area contributed by atoms with Crippen LogP contribution in [0.5, 0.6) is 0 Å². The van der Waals surface area contributed by atoms with Gasteiger partial charge in [0, 0.05) is 21.8 Å². The molecule has 0 atom stereocenters. The summed E-state index contributed by atoms with van der Waals surface area (Å²) in [6, 6.07) is 10.8. The van der Waals surface area contributed by atoms with Gasteiger partial charge in [0.2, 0.25) is 0 Å². The van der Waals surface area contributed by atoms with Crippen molar-refractivity contribution in [3.8, 4) is 0 Å². The molecule has 2 aromatic carbocycles. The van der Waals surface area contributed by atoms with E-state index < -0.39 is 0 Å². The van der Waals surface area contributed by atoms with E-state index in [1.807, 2.05) is 18.2 Å². The van der Waals surface area contributed by atoms with Crippen molar-refractivity contribution >= 4 is 23.1 Å². The lowest BCUT2D eigenvalue weighted by atomic mass is 9.95. The van der Waals surface area contributed by atoms with Gasteiger partial charge in [-0.15, -0.1) is 0 Å². The van der Waals surface area contributed by atoms with Gasteiger partial charge in [0.05, 0.1) is 0 Å². The summed E-state index contributed by atoms with van der Waals surface area (Å²) in [5.74, 6) is -0.0812. The topological polar surface area (TPSA) is 43.1 Å². The molecule has 0 aliphatic carbocycles. The molecule has 0 saturated carbocycles. The molecule has 0 unspecified atom stereocenters. The first-order valence-corrected chi connectivity index (χ1v) is 7.16. The summed E-state index contributed by atoms with van der Waals surface area (Å²) in [5, 5.41) is 0.517. The van der Waals surface area contributed by atoms with Crippen molar-refractivity contribution in [1.82, 2.24) is 0 Å². The maximum atomic E-state index is 12.5. The number of hydrogen-bond acceptors (Lipinski definition) is 2. The molecular formula is C17H18ClNO. The van der Waals surface area contributed by atoms with Gasteiger partial charge in [-0.05, 0) is 48.2 Å². The highest BCUT2D eigenvalue weighted by Crippen LogP contribution is 2.23. The molecule has 2 rings (SSSR count). The number of aryl methyl sites for hydroxylation is 2. The molecule has 0 aromatic heterocycles. The standard InChI is InChI=1S/C17H18ClNO/c1-3-11-5-6-13(9-12(11)4-2)17(20)15-10-14(18)7-8-16(15)19/h5-10H,3-4,19H2,1-2H3. The number of nitrogens with two attached hydrogens (primary N) is 1. The van der Waals surface area contributed by atoms with Crippen molar-refractivity contribution in [2.45, 2.75) is 26.7 Å². The van der Waals surface area contributed by atoms with Crippen LogP contribution in [0.25, 0.3) is 0 Å². The van der Waals surface area contributed by atoms with Crippen molar-refractivity contribution in [3.63, 3.8) is 0 Å². The Hall–Kier alpha value is -1.80. The van der Waals surface area contributed by atoms with Gasteiger partial charge in [-0.25, -0.2) is 0 Å². The number of benzene rings is 2. The minimum absolute atomic E-state index is 0.0812. The monoisotopic (exact) mass is 287 g/mol. The largest absolute Gasteiger partial charge is 0.398 e. The van der Waals surface area contributed by atoms with Crippen LogP contribution in [0.4, 0.5) is 5.69 Å². The molecular weight excluding hydrogens is 270 g/mol. The van der Waals surface area contributed by atoms with E-state index in [-0.39, 0.29) is 5.78 Å². The third kappa shape index (κ3) is 2.86. The van der Waals surface area contributed by atoms with Crippen molar-refractivity contribution in [3.05, 3.63) is 63.7 Å². The Balaban J connectivity index is 2.45. The Labute approximate surface area is 124 Å². The summed E-state index contributed by atoms with van der Waals surface area (Å²) in [5.41, 5.74) is 9.94. The number of ketones is 1. The molecule has 0 bridgehead atoms. The number of nitrogen functional groups attached to an aromatic ring is 1. The molecule has 0 fully saturated rings. The highest BCUT2D eigenvalue weighted by molar-refractivity contribution is 6.31. The van der Waals surface area contributed by atoms with E-state index in [0.29, 0.717) is 21.8 Å². The molecule has 0 radical (unpaired) electrons. The molecule has 0 amide bonds. The van der Waals surface area contributed by atoms with Gasteiger partial charge in [0.25, 0.3) is 0 Å². The van der Waals surface area contributed by atoms with Crippen LogP contribution in [0.1, 0.15) is 40.9 Å². The van der Waals surface area contributed by atoms with Crippen molar-refractivity contribution in [2.75, 3.05) is 5.73 Å². The van der Waals surface area contributed by atoms with Crippen LogP contribution in [0, 0.1) is 0 Å². The van der Waals surface area contributed by atoms with E-state index in [2.05, 4.69) is 13.8 Å². The molecule has 0 saturated heterocycles. The van der Waals surface area contributed by atoms with Crippen LogP contribution in [0.3, 0.4) is 0 Å². The normalized spacial score (nSPS) is 10.6. The van der Waals surface area contributed by atoms with E-state index in [1.54, 1.807) is 18.2 Å². The number of anilines is 1. The molecule has 2 N–H and O–H groups in total. The molecule has 20 heavy (non-hydrogen) atoms. The third-order valence-corrected chi connectivity index (χ3v) is 3.73. The number of carbonyl (C=O) groups excluding carboxylic acids is 1. The first-order valence-electron chi connectivity index (χ1n) is 6.78. The van der Waals surface area contributed by atoms with Gasteiger partial charge in [-0.3, -0.25) is 4.79 Å². The van der Waals surface area contributed by atoms with Crippen LogP contribution in [-0.2, 0) is 12.8 Å². The molecule has 0 aliphatic rings. The minimum Gasteiger partial charge on any atom is -0.398 e. The van der Waals surface area contributed by atoms with Gasteiger partial charge in [0.1, 0.15) is 0 Å². The summed E-state index contributed by atoms with van der Waals surface area (Å²) >= 11 is 5.95. The quantitative estimate of drug-likeness (QED) is 0.674. The first-order chi connectivity index (χ1) is 9.56. The lowest BCUT2D eigenvalue weighted by Gasteiger charge is -2.10. The van der Waals surface area contributed by atoms with Gasteiger partial charge in [-0.1, -0.05) is 37.6 Å². The highest BCUT2D eigenvalue weighted by Gasteiger charge is 2.14. The maximum absolute atomic E-state index is 12.5. The second-order valence-corrected chi connectivity index (χ2v) is 5.19. The smallest absolute Gasteiger partial charge is 0.195 e. The van der Waals surface area contributed by atoms with Crippen LogP contribution in [-0.4, -0.2) is 5.78 Å². The summed E-state index contributed by atoms with van der Waals surface area (Å²) in [6.45, 7) is 4.21. The van der Waals surface area contributed by atoms with E-state index in [0.717, 1.165) is 12.8 Å². The van der Waals surface area contributed by atoms with Crippen molar-refractivity contribution < 1.29 is 4.79 Å². The number of carbonyl (C=O) groups is 1. The number of rotatable bonds is 4. The molecule has 2 aromatic rings. The summed E-state index contributed by atoms with van der Waals surface area (Å²) < 4.78 is 0. The third-order valence-electron chi connectivity index (χ3n) is 3.49. The Morgan fingerprint density at radius 1 is 1.05 bits per heavy atom. The van der Waals surface area contributed by atoms with E-state index in [9.17, 15) is 4.79 Å². The zero-order chi connectivity index (χ0) is 14.7. The number of halogens is 1. The molecule has 0 aliphatic heterocycles. The fourth-order valence-corrected chi connectivity index (χ4v) is 2.49. The van der Waals surface area contributed by atoms with Gasteiger partial charge < -0.3 is 5.73 Å². The minimum atomic E-state index is -0.0812. The SMILES string of the molecule is CCc1ccc(C(=O)c2cc(Cl)ccc2N)cc1CC. The Morgan fingerprint density at radius 2 is 1.75 bits per heavy atom. The zero-order valence-corrected chi connectivity index (χ0v) is 12.5. The fraction of sp³-hybridized carbons (Fsp3) is 0.235. The van der Waals surface area contributed by atoms with E-state index in [4.69, 9.17) is 17.3 Å². The predicted molar refractivity (Wildman–Crippen MR) is 84.5 cm³/mol. The fourth-order valence-electron chi connectivity index (χ4n) is 2.32. The Morgan fingerprint density at radius 3 is 2.40 bits per heavy atom. The lowest BCUT2D eigenvalue weighted by molar-refractivity contribution is 0.103. The summed E-state index contributed by atoms with van der Waals surface area (Å²) in [7, 11) is 0. The Bertz CT molecular complexity index is 649. The van der Waals surface area contributed by atoms with Gasteiger partial charge in [0.15, 0.2) is 5.78 Å². The maximum Gasteiger partial charge on any atom is 0.195 e.